The van der Waals surface area contributed by atoms with Gasteiger partial charge in [0.25, 0.3) is 0 Å². The first-order valence-electron chi connectivity index (χ1n) is 7.88. The highest BCUT2D eigenvalue weighted by molar-refractivity contribution is 5.71. The summed E-state index contributed by atoms with van der Waals surface area (Å²) in [7, 11) is 0. The van der Waals surface area contributed by atoms with Crippen molar-refractivity contribution >= 4 is 5.57 Å². The van der Waals surface area contributed by atoms with Crippen LogP contribution in [0.15, 0.2) is 54.7 Å². The van der Waals surface area contributed by atoms with E-state index in [1.54, 1.807) is 0 Å². The van der Waals surface area contributed by atoms with Crippen molar-refractivity contribution in [3.8, 4) is 11.3 Å². The molecule has 2 atom stereocenters. The van der Waals surface area contributed by atoms with E-state index in [1.807, 2.05) is 12.3 Å². The zero-order valence-corrected chi connectivity index (χ0v) is 12.1. The topological polar surface area (TPSA) is 24.9 Å². The number of fused-ring (bicyclic) bond motifs is 2. The van der Waals surface area contributed by atoms with Gasteiger partial charge in [-0.1, -0.05) is 42.5 Å². The second-order valence-electron chi connectivity index (χ2n) is 6.03. The van der Waals surface area contributed by atoms with Crippen molar-refractivity contribution < 1.29 is 0 Å². The highest BCUT2D eigenvalue weighted by Crippen LogP contribution is 2.32. The average molecular weight is 276 g/mol. The summed E-state index contributed by atoms with van der Waals surface area (Å²) in [6, 6.07) is 16.0. The van der Waals surface area contributed by atoms with Crippen LogP contribution in [0.2, 0.25) is 0 Å². The van der Waals surface area contributed by atoms with E-state index < -0.39 is 0 Å². The van der Waals surface area contributed by atoms with Crippen LogP contribution < -0.4 is 5.32 Å². The molecule has 3 heterocycles. The Labute approximate surface area is 125 Å². The monoisotopic (exact) mass is 276 g/mol. The van der Waals surface area contributed by atoms with Crippen LogP contribution in [0.5, 0.6) is 0 Å². The number of pyridine rings is 1. The largest absolute Gasteiger partial charge is 0.307 e. The van der Waals surface area contributed by atoms with E-state index in [-0.39, 0.29) is 0 Å². The van der Waals surface area contributed by atoms with Crippen molar-refractivity contribution in [2.24, 2.45) is 0 Å². The van der Waals surface area contributed by atoms with E-state index in [2.05, 4.69) is 52.8 Å². The lowest BCUT2D eigenvalue weighted by atomic mass is 9.95. The van der Waals surface area contributed by atoms with Crippen LogP contribution in [0.1, 0.15) is 31.2 Å². The van der Waals surface area contributed by atoms with Crippen LogP contribution >= 0.6 is 0 Å². The van der Waals surface area contributed by atoms with Gasteiger partial charge in [-0.25, -0.2) is 0 Å². The molecule has 21 heavy (non-hydrogen) atoms. The number of benzene rings is 1. The molecule has 0 amide bonds. The van der Waals surface area contributed by atoms with Crippen LogP contribution in [-0.4, -0.2) is 17.1 Å². The molecule has 1 aromatic carbocycles. The van der Waals surface area contributed by atoms with Crippen LogP contribution in [0, 0.1) is 0 Å². The van der Waals surface area contributed by atoms with Gasteiger partial charge in [-0.15, -0.1) is 0 Å². The molecule has 2 aromatic rings. The van der Waals surface area contributed by atoms with Crippen molar-refractivity contribution in [1.29, 1.82) is 0 Å². The standard InChI is InChI=1S/C19H20N2/c1-2-5-14(6-3-1)18-11-9-15(13-20-18)17-8-4-7-16-10-12-19(17)21-16/h1-3,5-6,8-9,11,13,16,19,21H,4,7,10,12H2/t16-,19-/m1/s1. The molecule has 1 aromatic heterocycles. The minimum absolute atomic E-state index is 0.530. The normalized spacial score (nSPS) is 24.5. The van der Waals surface area contributed by atoms with Crippen LogP contribution in [0.25, 0.3) is 16.8 Å². The van der Waals surface area contributed by atoms with Crippen molar-refractivity contribution in [2.45, 2.75) is 37.8 Å². The van der Waals surface area contributed by atoms with Crippen molar-refractivity contribution in [2.75, 3.05) is 0 Å². The molecule has 0 saturated carbocycles. The molecule has 2 aliphatic rings. The minimum Gasteiger partial charge on any atom is -0.307 e. The summed E-state index contributed by atoms with van der Waals surface area (Å²) in [5.74, 6) is 0. The lowest BCUT2D eigenvalue weighted by molar-refractivity contribution is 0.559. The number of nitrogens with one attached hydrogen (secondary N) is 1. The first kappa shape index (κ1) is 12.8. The third-order valence-electron chi connectivity index (χ3n) is 4.66. The quantitative estimate of drug-likeness (QED) is 0.895. The fourth-order valence-corrected chi connectivity index (χ4v) is 3.54. The molecule has 0 aliphatic carbocycles. The number of hydrogen-bond donors (Lipinski definition) is 1. The molecule has 2 nitrogen and oxygen atoms in total. The lowest BCUT2D eigenvalue weighted by Crippen LogP contribution is -2.28. The zero-order chi connectivity index (χ0) is 14.1. The molecule has 2 bridgehead atoms. The molecule has 106 valence electrons. The number of aromatic nitrogens is 1. The van der Waals surface area contributed by atoms with Gasteiger partial charge in [-0.2, -0.15) is 0 Å². The maximum atomic E-state index is 4.67. The number of nitrogens with zero attached hydrogens (tertiary/aromatic N) is 1. The Hall–Kier alpha value is -1.93. The zero-order valence-electron chi connectivity index (χ0n) is 12.1. The predicted octanol–water partition coefficient (Wildman–Crippen LogP) is 4.05. The fourth-order valence-electron chi connectivity index (χ4n) is 3.54. The number of rotatable bonds is 2. The van der Waals surface area contributed by atoms with E-state index in [0.717, 1.165) is 11.7 Å². The van der Waals surface area contributed by atoms with Crippen molar-refractivity contribution in [1.82, 2.24) is 10.3 Å². The number of allylic oxidation sites excluding steroid dienone is 1. The predicted molar refractivity (Wildman–Crippen MR) is 86.8 cm³/mol. The molecule has 2 aliphatic heterocycles. The average Bonchev–Trinajstić information content (AvgIpc) is 2.90. The Morgan fingerprint density at radius 3 is 2.62 bits per heavy atom. The van der Waals surface area contributed by atoms with Crippen LogP contribution in [-0.2, 0) is 0 Å². The van der Waals surface area contributed by atoms with Gasteiger partial charge >= 0.3 is 0 Å². The van der Waals surface area contributed by atoms with Crippen molar-refractivity contribution in [3.63, 3.8) is 0 Å². The first-order chi connectivity index (χ1) is 10.4. The summed E-state index contributed by atoms with van der Waals surface area (Å²) in [4.78, 5) is 4.67. The Morgan fingerprint density at radius 1 is 0.905 bits per heavy atom. The molecule has 2 heteroatoms. The van der Waals surface area contributed by atoms with E-state index in [1.165, 1.54) is 42.4 Å². The van der Waals surface area contributed by atoms with Gasteiger partial charge in [0.15, 0.2) is 0 Å². The molecule has 4 rings (SSSR count). The molecule has 1 N–H and O–H groups in total. The van der Waals surface area contributed by atoms with Gasteiger partial charge in [0.1, 0.15) is 0 Å². The van der Waals surface area contributed by atoms with Crippen molar-refractivity contribution in [3.05, 3.63) is 60.3 Å². The molecule has 1 saturated heterocycles. The van der Waals surface area contributed by atoms with Crippen LogP contribution in [0.3, 0.4) is 0 Å². The minimum atomic E-state index is 0.530. The molecule has 0 unspecified atom stereocenters. The van der Waals surface area contributed by atoms with Gasteiger partial charge in [-0.3, -0.25) is 4.98 Å². The molecular formula is C19H20N2. The lowest BCUT2D eigenvalue weighted by Gasteiger charge is -2.15. The Morgan fingerprint density at radius 2 is 1.81 bits per heavy atom. The highest BCUT2D eigenvalue weighted by Gasteiger charge is 2.28. The smallest absolute Gasteiger partial charge is 0.0702 e. The third kappa shape index (κ3) is 2.52. The summed E-state index contributed by atoms with van der Waals surface area (Å²) in [5.41, 5.74) is 4.95. The molecule has 0 radical (unpaired) electrons. The maximum absolute atomic E-state index is 4.67. The number of hydrogen-bond acceptors (Lipinski definition) is 2. The summed E-state index contributed by atoms with van der Waals surface area (Å²) < 4.78 is 0. The summed E-state index contributed by atoms with van der Waals surface area (Å²) in [5, 5.41) is 3.75. The highest BCUT2D eigenvalue weighted by atomic mass is 15.0. The summed E-state index contributed by atoms with van der Waals surface area (Å²) in [6.45, 7) is 0. The van der Waals surface area contributed by atoms with Gasteiger partial charge in [0.05, 0.1) is 5.69 Å². The fraction of sp³-hybridized carbons (Fsp3) is 0.316. The summed E-state index contributed by atoms with van der Waals surface area (Å²) >= 11 is 0. The van der Waals surface area contributed by atoms with E-state index in [4.69, 9.17) is 0 Å². The van der Waals surface area contributed by atoms with Gasteiger partial charge in [0, 0.05) is 23.8 Å². The molecule has 0 spiro atoms. The molecule has 1 fully saturated rings. The van der Waals surface area contributed by atoms with E-state index in [0.29, 0.717) is 6.04 Å². The second-order valence-corrected chi connectivity index (χ2v) is 6.03. The SMILES string of the molecule is C1=C(c2ccc(-c3ccccc3)nc2)[C@H]2CC[C@@H](CC1)N2. The summed E-state index contributed by atoms with van der Waals surface area (Å²) in [6.07, 6.45) is 9.48. The van der Waals surface area contributed by atoms with Gasteiger partial charge in [0.2, 0.25) is 0 Å². The Bertz CT molecular complexity index is 643. The Balaban J connectivity index is 1.63. The Kier molecular flexibility index (Phi) is 3.32. The molecular weight excluding hydrogens is 256 g/mol. The first-order valence-corrected chi connectivity index (χ1v) is 7.88. The van der Waals surface area contributed by atoms with Crippen LogP contribution in [0.4, 0.5) is 0 Å². The second kappa shape index (κ2) is 5.45. The van der Waals surface area contributed by atoms with Gasteiger partial charge in [-0.05, 0) is 42.9 Å². The maximum Gasteiger partial charge on any atom is 0.0702 e. The third-order valence-corrected chi connectivity index (χ3v) is 4.66. The van der Waals surface area contributed by atoms with E-state index in [9.17, 15) is 0 Å². The van der Waals surface area contributed by atoms with Gasteiger partial charge < -0.3 is 5.32 Å². The van der Waals surface area contributed by atoms with E-state index >= 15 is 0 Å².